The highest BCUT2D eigenvalue weighted by molar-refractivity contribution is 7.90. The van der Waals surface area contributed by atoms with Crippen LogP contribution in [0.2, 0.25) is 0 Å². The van der Waals surface area contributed by atoms with Crippen LogP contribution in [0.4, 0.5) is 0 Å². The van der Waals surface area contributed by atoms with Crippen LogP contribution in [0, 0.1) is 0 Å². The summed E-state index contributed by atoms with van der Waals surface area (Å²) in [6, 6.07) is 0. The van der Waals surface area contributed by atoms with E-state index in [0.29, 0.717) is 13.0 Å². The van der Waals surface area contributed by atoms with Gasteiger partial charge in [-0.3, -0.25) is 0 Å². The average Bonchev–Trinajstić information content (AvgIpc) is 1.94. The first-order chi connectivity index (χ1) is 5.56. The number of rotatable bonds is 6. The fourth-order valence-electron chi connectivity index (χ4n) is 0.778. The van der Waals surface area contributed by atoms with Crippen LogP contribution in [0.1, 0.15) is 19.3 Å². The second-order valence-electron chi connectivity index (χ2n) is 2.66. The van der Waals surface area contributed by atoms with Crippen LogP contribution in [0.15, 0.2) is 4.99 Å². The number of isocyanates is 1. The molecule has 5 heteroatoms. The molecule has 70 valence electrons. The molecule has 0 spiro atoms. The van der Waals surface area contributed by atoms with Crippen LogP contribution in [-0.4, -0.2) is 33.1 Å². The van der Waals surface area contributed by atoms with Gasteiger partial charge in [0, 0.05) is 12.0 Å². The van der Waals surface area contributed by atoms with Gasteiger partial charge in [0.15, 0.2) is 0 Å². The summed E-state index contributed by atoms with van der Waals surface area (Å²) >= 11 is 0. The predicted molar refractivity (Wildman–Crippen MR) is 46.6 cm³/mol. The zero-order valence-corrected chi connectivity index (χ0v) is 7.93. The van der Waals surface area contributed by atoms with Gasteiger partial charge in [0.1, 0.15) is 9.84 Å². The first-order valence-corrected chi connectivity index (χ1v) is 5.83. The van der Waals surface area contributed by atoms with Crippen molar-refractivity contribution in [2.45, 2.75) is 19.3 Å². The molecule has 0 aromatic rings. The Bertz CT molecular complexity index is 252. The number of carbonyl (C=O) groups excluding carboxylic acids is 1. The molecule has 0 radical (unpaired) electrons. The minimum Gasteiger partial charge on any atom is -0.229 e. The molecule has 0 atom stereocenters. The predicted octanol–water partition coefficient (Wildman–Crippen LogP) is 0.537. The van der Waals surface area contributed by atoms with Crippen LogP contribution in [0.25, 0.3) is 0 Å². The summed E-state index contributed by atoms with van der Waals surface area (Å²) in [7, 11) is -2.82. The number of hydrogen-bond donors (Lipinski definition) is 0. The quantitative estimate of drug-likeness (QED) is 0.349. The number of nitrogens with zero attached hydrogens (tertiary/aromatic N) is 1. The highest BCUT2D eigenvalue weighted by Crippen LogP contribution is 1.98. The number of sulfone groups is 1. The third-order valence-corrected chi connectivity index (χ3v) is 2.38. The fraction of sp³-hybridized carbons (Fsp3) is 0.857. The Hall–Kier alpha value is -0.670. The van der Waals surface area contributed by atoms with Gasteiger partial charge in [-0.15, -0.1) is 0 Å². The molecule has 0 N–H and O–H groups in total. The van der Waals surface area contributed by atoms with Gasteiger partial charge in [0.05, 0.1) is 6.54 Å². The summed E-state index contributed by atoms with van der Waals surface area (Å²) in [5.41, 5.74) is 0. The van der Waals surface area contributed by atoms with E-state index in [4.69, 9.17) is 0 Å². The van der Waals surface area contributed by atoms with Crippen molar-refractivity contribution in [3.8, 4) is 0 Å². The monoisotopic (exact) mass is 191 g/mol. The number of aliphatic imine (C=N–C) groups is 1. The van der Waals surface area contributed by atoms with E-state index in [2.05, 4.69) is 4.99 Å². The van der Waals surface area contributed by atoms with Crippen LogP contribution < -0.4 is 0 Å². The molecule has 12 heavy (non-hydrogen) atoms. The average molecular weight is 191 g/mol. The molecule has 0 amide bonds. The molecule has 0 aromatic carbocycles. The van der Waals surface area contributed by atoms with Gasteiger partial charge in [-0.25, -0.2) is 18.2 Å². The standard InChI is InChI=1S/C7H13NO3S/c1-12(10,11)6-4-2-3-5-8-7-9/h2-6H2,1H3. The maximum Gasteiger partial charge on any atom is 0.234 e. The third kappa shape index (κ3) is 9.33. The second-order valence-corrected chi connectivity index (χ2v) is 4.92. The first-order valence-electron chi connectivity index (χ1n) is 3.77. The number of hydrogen-bond acceptors (Lipinski definition) is 4. The molecule has 0 aromatic heterocycles. The highest BCUT2D eigenvalue weighted by atomic mass is 32.2. The molecule has 0 aliphatic carbocycles. The van der Waals surface area contributed by atoms with Crippen molar-refractivity contribution in [3.05, 3.63) is 0 Å². The van der Waals surface area contributed by atoms with Crippen LogP contribution in [0.3, 0.4) is 0 Å². The van der Waals surface area contributed by atoms with Gasteiger partial charge in [0.25, 0.3) is 0 Å². The van der Waals surface area contributed by atoms with Gasteiger partial charge in [-0.1, -0.05) is 6.42 Å². The van der Waals surface area contributed by atoms with Crippen molar-refractivity contribution in [3.63, 3.8) is 0 Å². The Morgan fingerprint density at radius 3 is 2.42 bits per heavy atom. The lowest BCUT2D eigenvalue weighted by molar-refractivity contribution is 0.561. The molecule has 0 aliphatic heterocycles. The van der Waals surface area contributed by atoms with E-state index in [1.165, 1.54) is 12.3 Å². The molecule has 0 unspecified atom stereocenters. The summed E-state index contributed by atoms with van der Waals surface area (Å²) in [5.74, 6) is 0.220. The van der Waals surface area contributed by atoms with Gasteiger partial charge in [-0.2, -0.15) is 0 Å². The zero-order chi connectivity index (χ0) is 9.45. The Kier molecular flexibility index (Phi) is 5.58. The Morgan fingerprint density at radius 1 is 1.25 bits per heavy atom. The van der Waals surface area contributed by atoms with Crippen LogP contribution in [0.5, 0.6) is 0 Å². The van der Waals surface area contributed by atoms with Crippen molar-refractivity contribution in [1.29, 1.82) is 0 Å². The maximum atomic E-state index is 10.6. The molecule has 0 bridgehead atoms. The van der Waals surface area contributed by atoms with E-state index in [0.717, 1.165) is 12.8 Å². The molecule has 0 rings (SSSR count). The molecule has 0 saturated heterocycles. The summed E-state index contributed by atoms with van der Waals surface area (Å²) in [4.78, 5) is 13.0. The van der Waals surface area contributed by atoms with Crippen LogP contribution >= 0.6 is 0 Å². The molecule has 0 fully saturated rings. The third-order valence-electron chi connectivity index (χ3n) is 1.35. The lowest BCUT2D eigenvalue weighted by Gasteiger charge is -1.96. The highest BCUT2D eigenvalue weighted by Gasteiger charge is 2.00. The van der Waals surface area contributed by atoms with E-state index in [1.807, 2.05) is 0 Å². The number of unbranched alkanes of at least 4 members (excludes halogenated alkanes) is 2. The Balaban J connectivity index is 3.28. The molecule has 4 nitrogen and oxygen atoms in total. The maximum absolute atomic E-state index is 10.6. The Labute approximate surface area is 72.6 Å². The van der Waals surface area contributed by atoms with E-state index < -0.39 is 9.84 Å². The van der Waals surface area contributed by atoms with Gasteiger partial charge >= 0.3 is 0 Å². The molecule has 0 heterocycles. The lowest BCUT2D eigenvalue weighted by Crippen LogP contribution is -2.02. The van der Waals surface area contributed by atoms with Gasteiger partial charge in [0.2, 0.25) is 6.08 Å². The smallest absolute Gasteiger partial charge is 0.229 e. The van der Waals surface area contributed by atoms with Crippen molar-refractivity contribution in [2.24, 2.45) is 4.99 Å². The lowest BCUT2D eigenvalue weighted by atomic mass is 10.2. The molecular weight excluding hydrogens is 178 g/mol. The summed E-state index contributed by atoms with van der Waals surface area (Å²) in [6.07, 6.45) is 4.84. The van der Waals surface area contributed by atoms with E-state index >= 15 is 0 Å². The van der Waals surface area contributed by atoms with Crippen molar-refractivity contribution >= 4 is 15.9 Å². The van der Waals surface area contributed by atoms with Gasteiger partial charge < -0.3 is 0 Å². The van der Waals surface area contributed by atoms with Crippen LogP contribution in [-0.2, 0) is 14.6 Å². The van der Waals surface area contributed by atoms with Crippen molar-refractivity contribution < 1.29 is 13.2 Å². The zero-order valence-electron chi connectivity index (χ0n) is 7.12. The van der Waals surface area contributed by atoms with Gasteiger partial charge in [-0.05, 0) is 12.8 Å². The summed E-state index contributed by atoms with van der Waals surface area (Å²) in [5, 5.41) is 0. The van der Waals surface area contributed by atoms with Crippen molar-refractivity contribution in [1.82, 2.24) is 0 Å². The fourth-order valence-corrected chi connectivity index (χ4v) is 1.51. The first kappa shape index (κ1) is 11.3. The second kappa shape index (κ2) is 5.91. The molecule has 0 aliphatic rings. The normalized spacial score (nSPS) is 10.8. The summed E-state index contributed by atoms with van der Waals surface area (Å²) in [6.45, 7) is 0.452. The topological polar surface area (TPSA) is 63.6 Å². The van der Waals surface area contributed by atoms with Crippen molar-refractivity contribution in [2.75, 3.05) is 18.6 Å². The summed E-state index contributed by atoms with van der Waals surface area (Å²) < 4.78 is 21.3. The Morgan fingerprint density at radius 2 is 1.92 bits per heavy atom. The van der Waals surface area contributed by atoms with E-state index in [-0.39, 0.29) is 5.75 Å². The minimum absolute atomic E-state index is 0.220. The SMILES string of the molecule is CS(=O)(=O)CCCCCN=C=O. The van der Waals surface area contributed by atoms with E-state index in [1.54, 1.807) is 0 Å². The molecular formula is C7H13NO3S. The molecule has 0 saturated carbocycles. The minimum atomic E-state index is -2.82. The largest absolute Gasteiger partial charge is 0.234 e. The van der Waals surface area contributed by atoms with E-state index in [9.17, 15) is 13.2 Å².